The van der Waals surface area contributed by atoms with E-state index in [1.165, 1.54) is 57.0 Å². The molecule has 2 rings (SSSR count). The normalized spacial score (nSPS) is 33.6. The van der Waals surface area contributed by atoms with Crippen molar-refractivity contribution in [3.05, 3.63) is 0 Å². The fourth-order valence-corrected chi connectivity index (χ4v) is 7.33. The predicted molar refractivity (Wildman–Crippen MR) is 58.7 cm³/mol. The molecule has 1 aliphatic heterocycles. The van der Waals surface area contributed by atoms with E-state index in [2.05, 4.69) is 6.92 Å². The second-order valence-corrected chi connectivity index (χ2v) is 8.84. The van der Waals surface area contributed by atoms with Crippen LogP contribution in [0.2, 0.25) is 0 Å². The SMILES string of the molecule is [2H]C1([P+]2(CC)CCCCCC2)CC1. The summed E-state index contributed by atoms with van der Waals surface area (Å²) in [6.07, 6.45) is 12.5. The summed E-state index contributed by atoms with van der Waals surface area (Å²) >= 11 is 0. The van der Waals surface area contributed by atoms with E-state index >= 15 is 0 Å². The molecule has 0 radical (unpaired) electrons. The molecule has 0 unspecified atom stereocenters. The fourth-order valence-electron chi connectivity index (χ4n) is 2.68. The Morgan fingerprint density at radius 3 is 2.17 bits per heavy atom. The Hall–Kier alpha value is 0.430. The Balaban J connectivity index is 2.11. The van der Waals surface area contributed by atoms with Crippen LogP contribution < -0.4 is 0 Å². The highest BCUT2D eigenvalue weighted by Gasteiger charge is 2.49. The first kappa shape index (κ1) is 7.80. The maximum atomic E-state index is 8.43. The second kappa shape index (κ2) is 3.66. The van der Waals surface area contributed by atoms with Gasteiger partial charge in [0.25, 0.3) is 0 Å². The van der Waals surface area contributed by atoms with E-state index in [-0.39, 0.29) is 5.64 Å². The van der Waals surface area contributed by atoms with E-state index < -0.39 is 7.26 Å². The van der Waals surface area contributed by atoms with Crippen LogP contribution in [0, 0.1) is 0 Å². The summed E-state index contributed by atoms with van der Waals surface area (Å²) in [4.78, 5) is 0. The van der Waals surface area contributed by atoms with Gasteiger partial charge in [0, 0.05) is 7.26 Å². The van der Waals surface area contributed by atoms with Crippen LogP contribution in [0.4, 0.5) is 0 Å². The second-order valence-electron chi connectivity index (χ2n) is 4.39. The van der Waals surface area contributed by atoms with Crippen molar-refractivity contribution in [2.75, 3.05) is 18.5 Å². The summed E-state index contributed by atoms with van der Waals surface area (Å²) in [7, 11) is -0.821. The lowest BCUT2D eigenvalue weighted by Gasteiger charge is -2.24. The van der Waals surface area contributed by atoms with Gasteiger partial charge < -0.3 is 0 Å². The number of hydrogen-bond donors (Lipinski definition) is 0. The Kier molecular flexibility index (Phi) is 2.38. The van der Waals surface area contributed by atoms with E-state index in [0.29, 0.717) is 0 Å². The van der Waals surface area contributed by atoms with Crippen LogP contribution in [0.3, 0.4) is 0 Å². The molecule has 0 aromatic rings. The van der Waals surface area contributed by atoms with Crippen molar-refractivity contribution >= 4 is 7.26 Å². The molecular formula is C11H22P+. The molecule has 0 aromatic carbocycles. The van der Waals surface area contributed by atoms with E-state index in [9.17, 15) is 0 Å². The smallest absolute Gasteiger partial charge is 0.0497 e. The molecule has 1 heterocycles. The molecule has 2 fully saturated rings. The Bertz CT molecular complexity index is 179. The first-order valence-electron chi connectivity index (χ1n) is 6.09. The lowest BCUT2D eigenvalue weighted by molar-refractivity contribution is 0.726. The highest BCUT2D eigenvalue weighted by atomic mass is 31.2. The van der Waals surface area contributed by atoms with Gasteiger partial charge in [-0.15, -0.1) is 0 Å². The van der Waals surface area contributed by atoms with Crippen molar-refractivity contribution in [1.82, 2.24) is 0 Å². The molecule has 0 N–H and O–H groups in total. The molecule has 2 aliphatic rings. The summed E-state index contributed by atoms with van der Waals surface area (Å²) in [5.74, 6) is 0. The van der Waals surface area contributed by atoms with Crippen molar-refractivity contribution in [2.24, 2.45) is 0 Å². The lowest BCUT2D eigenvalue weighted by atomic mass is 10.2. The molecule has 1 aliphatic carbocycles. The minimum atomic E-state index is -0.821. The first-order valence-corrected chi connectivity index (χ1v) is 7.93. The zero-order valence-corrected chi connectivity index (χ0v) is 9.21. The summed E-state index contributed by atoms with van der Waals surface area (Å²) < 4.78 is 8.43. The highest BCUT2D eigenvalue weighted by molar-refractivity contribution is 7.76. The largest absolute Gasteiger partial charge is 0.0745 e. The molecule has 0 atom stereocenters. The van der Waals surface area contributed by atoms with Gasteiger partial charge >= 0.3 is 0 Å². The summed E-state index contributed by atoms with van der Waals surface area (Å²) in [5, 5.41) is 0. The third-order valence-electron chi connectivity index (χ3n) is 3.67. The zero-order valence-electron chi connectivity index (χ0n) is 9.31. The lowest BCUT2D eigenvalue weighted by Crippen LogP contribution is -2.09. The average Bonchev–Trinajstić information content (AvgIpc) is 2.89. The fraction of sp³-hybridized carbons (Fsp3) is 1.00. The molecule has 1 heteroatoms. The molecule has 0 amide bonds. The van der Waals surface area contributed by atoms with Crippen molar-refractivity contribution in [3.8, 4) is 0 Å². The van der Waals surface area contributed by atoms with Gasteiger partial charge in [-0.1, -0.05) is 0 Å². The van der Waals surface area contributed by atoms with Crippen LogP contribution in [0.1, 0.15) is 46.8 Å². The van der Waals surface area contributed by atoms with Gasteiger partial charge in [-0.2, -0.15) is 0 Å². The van der Waals surface area contributed by atoms with Crippen LogP contribution in [-0.2, 0) is 0 Å². The molecule has 0 spiro atoms. The quantitative estimate of drug-likeness (QED) is 0.576. The molecule has 0 nitrogen and oxygen atoms in total. The number of rotatable bonds is 2. The van der Waals surface area contributed by atoms with Crippen LogP contribution in [0.25, 0.3) is 0 Å². The maximum absolute atomic E-state index is 8.43. The molecule has 0 aromatic heterocycles. The Labute approximate surface area is 78.9 Å². The molecular weight excluding hydrogens is 163 g/mol. The Morgan fingerprint density at radius 1 is 1.17 bits per heavy atom. The van der Waals surface area contributed by atoms with Crippen molar-refractivity contribution < 1.29 is 1.37 Å². The number of hydrogen-bond acceptors (Lipinski definition) is 0. The molecule has 70 valence electrons. The standard InChI is InChI=1S/C11H22P/c1-2-12(11-7-8-11)9-5-3-4-6-10-12/h11H,2-10H2,1H3/q+1/i11D. The van der Waals surface area contributed by atoms with Crippen molar-refractivity contribution in [1.29, 1.82) is 0 Å². The monoisotopic (exact) mass is 186 g/mol. The summed E-state index contributed by atoms with van der Waals surface area (Å²) in [5.41, 5.74) is 0.117. The van der Waals surface area contributed by atoms with Gasteiger partial charge in [0.2, 0.25) is 0 Å². The maximum Gasteiger partial charge on any atom is 0.0745 e. The summed E-state index contributed by atoms with van der Waals surface area (Å²) in [6.45, 7) is 2.35. The van der Waals surface area contributed by atoms with E-state index in [4.69, 9.17) is 1.37 Å². The van der Waals surface area contributed by atoms with Gasteiger partial charge in [0.15, 0.2) is 0 Å². The molecule has 0 bridgehead atoms. The Morgan fingerprint density at radius 2 is 1.75 bits per heavy atom. The van der Waals surface area contributed by atoms with Crippen molar-refractivity contribution in [3.63, 3.8) is 0 Å². The van der Waals surface area contributed by atoms with Gasteiger partial charge in [0.1, 0.15) is 0 Å². The first-order chi connectivity index (χ1) is 6.22. The van der Waals surface area contributed by atoms with E-state index in [0.717, 1.165) is 0 Å². The molecule has 1 saturated carbocycles. The van der Waals surface area contributed by atoms with Gasteiger partial charge in [-0.3, -0.25) is 0 Å². The minimum absolute atomic E-state index is 0.117. The van der Waals surface area contributed by atoms with Gasteiger partial charge in [-0.05, 0) is 45.4 Å². The van der Waals surface area contributed by atoms with Crippen LogP contribution in [0.15, 0.2) is 0 Å². The van der Waals surface area contributed by atoms with Crippen LogP contribution >= 0.6 is 7.26 Å². The van der Waals surface area contributed by atoms with Crippen molar-refractivity contribution in [2.45, 2.75) is 51.1 Å². The minimum Gasteiger partial charge on any atom is -0.0497 e. The third-order valence-corrected chi connectivity index (χ3v) is 9.02. The van der Waals surface area contributed by atoms with Crippen LogP contribution in [-0.4, -0.2) is 24.1 Å². The zero-order chi connectivity index (χ0) is 9.36. The van der Waals surface area contributed by atoms with Gasteiger partial charge in [0.05, 0.1) is 25.5 Å². The highest BCUT2D eigenvalue weighted by Crippen LogP contribution is 2.71. The van der Waals surface area contributed by atoms with E-state index in [1.54, 1.807) is 0 Å². The van der Waals surface area contributed by atoms with Crippen LogP contribution in [0.5, 0.6) is 0 Å². The average molecular weight is 186 g/mol. The molecule has 1 saturated heterocycles. The molecule has 12 heavy (non-hydrogen) atoms. The predicted octanol–water partition coefficient (Wildman–Crippen LogP) is 3.76. The van der Waals surface area contributed by atoms with E-state index in [1.807, 2.05) is 0 Å². The third kappa shape index (κ3) is 1.69. The topological polar surface area (TPSA) is 0 Å². The summed E-state index contributed by atoms with van der Waals surface area (Å²) in [6, 6.07) is 0. The van der Waals surface area contributed by atoms with Gasteiger partial charge in [-0.25, -0.2) is 0 Å².